The zero-order chi connectivity index (χ0) is 14.8. The Labute approximate surface area is 123 Å². The predicted molar refractivity (Wildman–Crippen MR) is 82.5 cm³/mol. The third-order valence-corrected chi connectivity index (χ3v) is 3.58. The number of hydrogen-bond donors (Lipinski definition) is 0. The maximum Gasteiger partial charge on any atom is 0.149 e. The predicted octanol–water partition coefficient (Wildman–Crippen LogP) is 4.60. The van der Waals surface area contributed by atoms with Crippen molar-refractivity contribution in [1.29, 1.82) is 0 Å². The Kier molecular flexibility index (Phi) is 3.48. The Bertz CT molecular complexity index is 759. The standard InChI is InChI=1S/C18H16FNO/c1-13-5-3-4-6-17(13)20-12-11-16(19)18(20)14-7-9-15(21-2)10-8-14/h3-12H,1-2H3. The van der Waals surface area contributed by atoms with Gasteiger partial charge in [0.1, 0.15) is 11.6 Å². The second-order valence-electron chi connectivity index (χ2n) is 4.90. The molecule has 0 saturated heterocycles. The van der Waals surface area contributed by atoms with E-state index in [0.717, 1.165) is 22.6 Å². The van der Waals surface area contributed by atoms with E-state index in [4.69, 9.17) is 4.74 Å². The molecular formula is C18H16FNO. The smallest absolute Gasteiger partial charge is 0.149 e. The average Bonchev–Trinajstić information content (AvgIpc) is 2.89. The van der Waals surface area contributed by atoms with Crippen LogP contribution >= 0.6 is 0 Å². The van der Waals surface area contributed by atoms with Gasteiger partial charge in [-0.3, -0.25) is 0 Å². The molecule has 1 aromatic heterocycles. The summed E-state index contributed by atoms with van der Waals surface area (Å²) in [6.07, 6.45) is 1.76. The van der Waals surface area contributed by atoms with Crippen LogP contribution in [0.5, 0.6) is 5.75 Å². The Morgan fingerprint density at radius 3 is 2.33 bits per heavy atom. The van der Waals surface area contributed by atoms with Crippen LogP contribution in [0.15, 0.2) is 60.8 Å². The highest BCUT2D eigenvalue weighted by atomic mass is 19.1. The molecule has 0 unspecified atom stereocenters. The van der Waals surface area contributed by atoms with E-state index < -0.39 is 0 Å². The van der Waals surface area contributed by atoms with Crippen LogP contribution in [0, 0.1) is 12.7 Å². The largest absolute Gasteiger partial charge is 0.497 e. The van der Waals surface area contributed by atoms with E-state index in [1.807, 2.05) is 60.0 Å². The maximum atomic E-state index is 14.2. The van der Waals surface area contributed by atoms with Crippen LogP contribution in [0.3, 0.4) is 0 Å². The van der Waals surface area contributed by atoms with Crippen LogP contribution in [0.25, 0.3) is 16.9 Å². The normalized spacial score (nSPS) is 10.6. The summed E-state index contributed by atoms with van der Waals surface area (Å²) in [4.78, 5) is 0. The zero-order valence-electron chi connectivity index (χ0n) is 12.0. The van der Waals surface area contributed by atoms with Crippen molar-refractivity contribution in [2.24, 2.45) is 0 Å². The first-order chi connectivity index (χ1) is 10.2. The number of para-hydroxylation sites is 1. The van der Waals surface area contributed by atoms with Gasteiger partial charge in [-0.25, -0.2) is 4.39 Å². The fourth-order valence-electron chi connectivity index (χ4n) is 2.47. The minimum atomic E-state index is -0.233. The fourth-order valence-corrected chi connectivity index (χ4v) is 2.47. The molecule has 3 heteroatoms. The molecule has 1 heterocycles. The van der Waals surface area contributed by atoms with Crippen LogP contribution < -0.4 is 4.74 Å². The summed E-state index contributed by atoms with van der Waals surface area (Å²) in [6.45, 7) is 2.02. The number of nitrogens with zero attached hydrogens (tertiary/aromatic N) is 1. The highest BCUT2D eigenvalue weighted by Gasteiger charge is 2.13. The molecule has 0 atom stereocenters. The summed E-state index contributed by atoms with van der Waals surface area (Å²) in [6, 6.07) is 16.8. The lowest BCUT2D eigenvalue weighted by Crippen LogP contribution is -1.98. The van der Waals surface area contributed by atoms with Gasteiger partial charge in [-0.15, -0.1) is 0 Å². The molecule has 0 spiro atoms. The van der Waals surface area contributed by atoms with Gasteiger partial charge < -0.3 is 9.30 Å². The summed E-state index contributed by atoms with van der Waals surface area (Å²) in [5, 5.41) is 0. The molecule has 2 aromatic carbocycles. The van der Waals surface area contributed by atoms with Crippen molar-refractivity contribution >= 4 is 0 Å². The Hall–Kier alpha value is -2.55. The second kappa shape index (κ2) is 5.44. The molecule has 0 saturated carbocycles. The third kappa shape index (κ3) is 2.42. The van der Waals surface area contributed by atoms with Crippen LogP contribution in [0.4, 0.5) is 4.39 Å². The van der Waals surface area contributed by atoms with Crippen molar-refractivity contribution in [3.8, 4) is 22.7 Å². The zero-order valence-corrected chi connectivity index (χ0v) is 12.0. The molecule has 3 rings (SSSR count). The Morgan fingerprint density at radius 2 is 1.67 bits per heavy atom. The van der Waals surface area contributed by atoms with Crippen molar-refractivity contribution < 1.29 is 9.13 Å². The van der Waals surface area contributed by atoms with Crippen molar-refractivity contribution in [2.45, 2.75) is 6.92 Å². The summed E-state index contributed by atoms with van der Waals surface area (Å²) in [7, 11) is 1.62. The van der Waals surface area contributed by atoms with Crippen LogP contribution in [0.2, 0.25) is 0 Å². The lowest BCUT2D eigenvalue weighted by Gasteiger charge is -2.12. The summed E-state index contributed by atoms with van der Waals surface area (Å²) in [5.74, 6) is 0.525. The van der Waals surface area contributed by atoms with E-state index in [0.29, 0.717) is 5.69 Å². The lowest BCUT2D eigenvalue weighted by molar-refractivity contribution is 0.415. The minimum absolute atomic E-state index is 0.233. The lowest BCUT2D eigenvalue weighted by atomic mass is 10.1. The van der Waals surface area contributed by atoms with E-state index in [1.165, 1.54) is 6.07 Å². The Balaban J connectivity index is 2.15. The monoisotopic (exact) mass is 281 g/mol. The van der Waals surface area contributed by atoms with Gasteiger partial charge in [0.2, 0.25) is 0 Å². The molecule has 0 radical (unpaired) electrons. The third-order valence-electron chi connectivity index (χ3n) is 3.58. The van der Waals surface area contributed by atoms with Gasteiger partial charge >= 0.3 is 0 Å². The van der Waals surface area contributed by atoms with E-state index in [-0.39, 0.29) is 5.82 Å². The van der Waals surface area contributed by atoms with E-state index in [9.17, 15) is 4.39 Å². The van der Waals surface area contributed by atoms with Gasteiger partial charge in [0, 0.05) is 17.4 Å². The first kappa shape index (κ1) is 13.4. The topological polar surface area (TPSA) is 14.2 Å². The van der Waals surface area contributed by atoms with Gasteiger partial charge in [0.05, 0.1) is 12.8 Å². The molecule has 0 fully saturated rings. The van der Waals surface area contributed by atoms with Crippen molar-refractivity contribution in [3.63, 3.8) is 0 Å². The molecular weight excluding hydrogens is 265 g/mol. The average molecular weight is 281 g/mol. The van der Waals surface area contributed by atoms with Gasteiger partial charge in [0.25, 0.3) is 0 Å². The first-order valence-electron chi connectivity index (χ1n) is 6.78. The van der Waals surface area contributed by atoms with E-state index in [1.54, 1.807) is 13.3 Å². The van der Waals surface area contributed by atoms with Crippen LogP contribution in [0.1, 0.15) is 5.56 Å². The summed E-state index contributed by atoms with van der Waals surface area (Å²) in [5.41, 5.74) is 3.46. The summed E-state index contributed by atoms with van der Waals surface area (Å²) < 4.78 is 21.3. The summed E-state index contributed by atoms with van der Waals surface area (Å²) >= 11 is 0. The van der Waals surface area contributed by atoms with E-state index in [2.05, 4.69) is 0 Å². The van der Waals surface area contributed by atoms with E-state index >= 15 is 0 Å². The number of rotatable bonds is 3. The number of aryl methyl sites for hydroxylation is 1. The molecule has 0 aliphatic heterocycles. The van der Waals surface area contributed by atoms with Crippen molar-refractivity contribution in [3.05, 3.63) is 72.2 Å². The highest BCUT2D eigenvalue weighted by Crippen LogP contribution is 2.29. The second-order valence-corrected chi connectivity index (χ2v) is 4.90. The fraction of sp³-hybridized carbons (Fsp3) is 0.111. The molecule has 21 heavy (non-hydrogen) atoms. The molecule has 0 bridgehead atoms. The number of benzene rings is 2. The molecule has 3 aromatic rings. The van der Waals surface area contributed by atoms with Crippen LogP contribution in [-0.2, 0) is 0 Å². The minimum Gasteiger partial charge on any atom is -0.497 e. The van der Waals surface area contributed by atoms with Crippen molar-refractivity contribution in [2.75, 3.05) is 7.11 Å². The van der Waals surface area contributed by atoms with Gasteiger partial charge in [-0.05, 0) is 48.9 Å². The molecule has 0 aliphatic carbocycles. The van der Waals surface area contributed by atoms with Gasteiger partial charge in [0.15, 0.2) is 0 Å². The molecule has 0 N–H and O–H groups in total. The quantitative estimate of drug-likeness (QED) is 0.684. The Morgan fingerprint density at radius 1 is 0.952 bits per heavy atom. The molecule has 2 nitrogen and oxygen atoms in total. The molecule has 0 amide bonds. The SMILES string of the molecule is COc1ccc(-c2c(F)ccn2-c2ccccc2C)cc1. The number of hydrogen-bond acceptors (Lipinski definition) is 1. The van der Waals surface area contributed by atoms with Crippen molar-refractivity contribution in [1.82, 2.24) is 4.57 Å². The molecule has 0 aliphatic rings. The number of ether oxygens (including phenoxy) is 1. The first-order valence-corrected chi connectivity index (χ1v) is 6.78. The molecule has 106 valence electrons. The van der Waals surface area contributed by atoms with Crippen LogP contribution in [-0.4, -0.2) is 11.7 Å². The number of halogens is 1. The maximum absolute atomic E-state index is 14.2. The number of methoxy groups -OCH3 is 1. The van der Waals surface area contributed by atoms with Gasteiger partial charge in [-0.1, -0.05) is 18.2 Å². The van der Waals surface area contributed by atoms with Gasteiger partial charge in [-0.2, -0.15) is 0 Å². The highest BCUT2D eigenvalue weighted by molar-refractivity contribution is 5.65. The number of aromatic nitrogens is 1.